The number of hydrogen-bond donors (Lipinski definition) is 0. The van der Waals surface area contributed by atoms with Crippen LogP contribution in [-0.4, -0.2) is 14.3 Å². The van der Waals surface area contributed by atoms with Crippen LogP contribution in [0.4, 0.5) is 5.82 Å². The maximum atomic E-state index is 11.2. The Morgan fingerprint density at radius 1 is 1.32 bits per heavy atom. The van der Waals surface area contributed by atoms with Crippen molar-refractivity contribution in [3.8, 4) is 0 Å². The molecule has 19 heavy (non-hydrogen) atoms. The summed E-state index contributed by atoms with van der Waals surface area (Å²) in [4.78, 5) is 16.0. The van der Waals surface area contributed by atoms with Crippen molar-refractivity contribution in [2.75, 3.05) is 0 Å². The van der Waals surface area contributed by atoms with Crippen LogP contribution in [0.15, 0.2) is 17.2 Å². The summed E-state index contributed by atoms with van der Waals surface area (Å²) in [5.74, 6) is 0.0907. The van der Waals surface area contributed by atoms with E-state index in [1.165, 1.54) is 42.6 Å². The lowest BCUT2D eigenvalue weighted by atomic mass is 10.1. The Morgan fingerprint density at radius 2 is 2.05 bits per heavy atom. The number of thiazole rings is 1. The lowest BCUT2D eigenvalue weighted by Gasteiger charge is -2.00. The predicted molar refractivity (Wildman–Crippen MR) is 75.4 cm³/mol. The molecule has 0 aromatic carbocycles. The van der Waals surface area contributed by atoms with Crippen LogP contribution in [0.25, 0.3) is 11.0 Å². The van der Waals surface area contributed by atoms with E-state index >= 15 is 0 Å². The average Bonchev–Trinajstić information content (AvgIpc) is 2.81. The first-order chi connectivity index (χ1) is 9.25. The van der Waals surface area contributed by atoms with E-state index < -0.39 is 0 Å². The quantitative estimate of drug-likeness (QED) is 0.473. The Kier molecular flexibility index (Phi) is 3.33. The van der Waals surface area contributed by atoms with Crippen LogP contribution in [0.5, 0.6) is 0 Å². The maximum absolute atomic E-state index is 11.2. The van der Waals surface area contributed by atoms with Crippen LogP contribution in [0.2, 0.25) is 0 Å². The number of fused-ring (bicyclic) bond motifs is 1. The summed E-state index contributed by atoms with van der Waals surface area (Å²) >= 11 is 1.42. The van der Waals surface area contributed by atoms with E-state index in [2.05, 4.69) is 4.98 Å². The number of rotatable bonds is 2. The molecule has 0 unspecified atom stereocenters. The Balaban J connectivity index is 2.03. The van der Waals surface area contributed by atoms with Crippen molar-refractivity contribution in [3.63, 3.8) is 0 Å². The van der Waals surface area contributed by atoms with Crippen molar-refractivity contribution < 1.29 is 4.92 Å². The molecule has 0 aliphatic heterocycles. The summed E-state index contributed by atoms with van der Waals surface area (Å²) in [6.45, 7) is 0. The summed E-state index contributed by atoms with van der Waals surface area (Å²) in [5, 5.41) is 13.0. The summed E-state index contributed by atoms with van der Waals surface area (Å²) in [5.41, 5.74) is 1.81. The molecule has 1 aliphatic carbocycles. The molecule has 1 aliphatic rings. The molecule has 3 rings (SSSR count). The van der Waals surface area contributed by atoms with Crippen molar-refractivity contribution in [1.29, 1.82) is 0 Å². The molecular formula is C13H15N3O2S. The van der Waals surface area contributed by atoms with Gasteiger partial charge in [0.1, 0.15) is 6.20 Å². The van der Waals surface area contributed by atoms with Gasteiger partial charge in [0.15, 0.2) is 5.69 Å². The second-order valence-corrected chi connectivity index (χ2v) is 5.72. The third-order valence-electron chi connectivity index (χ3n) is 3.52. The van der Waals surface area contributed by atoms with Crippen LogP contribution >= 0.6 is 11.3 Å². The minimum atomic E-state index is -0.337. The molecule has 5 nitrogen and oxygen atoms in total. The van der Waals surface area contributed by atoms with E-state index in [1.807, 2.05) is 11.5 Å². The average molecular weight is 277 g/mol. The van der Waals surface area contributed by atoms with Gasteiger partial charge in [0, 0.05) is 5.38 Å². The highest BCUT2D eigenvalue weighted by Crippen LogP contribution is 2.29. The lowest BCUT2D eigenvalue weighted by molar-refractivity contribution is -0.390. The van der Waals surface area contributed by atoms with E-state index in [0.29, 0.717) is 10.7 Å². The normalized spacial score (nSPS) is 16.5. The highest BCUT2D eigenvalue weighted by atomic mass is 32.1. The van der Waals surface area contributed by atoms with Gasteiger partial charge in [-0.05, 0) is 36.7 Å². The Hall–Kier alpha value is -1.69. The SMILES string of the molecule is O=[N+]([O-])c1c(C=C2CCCCCC2)nc2sccn12. The lowest BCUT2D eigenvalue weighted by Crippen LogP contribution is -1.94. The molecule has 2 aromatic rings. The summed E-state index contributed by atoms with van der Waals surface area (Å²) in [6, 6.07) is 0. The number of nitro groups is 1. The van der Waals surface area contributed by atoms with Gasteiger partial charge in [-0.3, -0.25) is 0 Å². The summed E-state index contributed by atoms with van der Waals surface area (Å²) in [6.07, 6.45) is 10.6. The van der Waals surface area contributed by atoms with Crippen molar-refractivity contribution in [3.05, 3.63) is 33.0 Å². The summed E-state index contributed by atoms with van der Waals surface area (Å²) < 4.78 is 1.56. The molecule has 0 N–H and O–H groups in total. The fourth-order valence-corrected chi connectivity index (χ4v) is 3.31. The van der Waals surface area contributed by atoms with Gasteiger partial charge in [0.2, 0.25) is 0 Å². The first-order valence-corrected chi connectivity index (χ1v) is 7.43. The molecular weight excluding hydrogens is 262 g/mol. The van der Waals surface area contributed by atoms with Crippen molar-refractivity contribution >= 4 is 28.2 Å². The molecule has 0 amide bonds. The molecule has 0 bridgehead atoms. The molecule has 2 aromatic heterocycles. The highest BCUT2D eigenvalue weighted by Gasteiger charge is 2.22. The van der Waals surface area contributed by atoms with Gasteiger partial charge in [-0.2, -0.15) is 9.38 Å². The molecule has 2 heterocycles. The molecule has 0 spiro atoms. The Morgan fingerprint density at radius 3 is 2.74 bits per heavy atom. The number of aromatic nitrogens is 2. The van der Waals surface area contributed by atoms with Crippen LogP contribution in [0, 0.1) is 10.1 Å². The van der Waals surface area contributed by atoms with E-state index in [1.54, 1.807) is 10.6 Å². The smallest absolute Gasteiger partial charge is 0.355 e. The zero-order chi connectivity index (χ0) is 13.2. The number of imidazole rings is 1. The van der Waals surface area contributed by atoms with Gasteiger partial charge in [-0.15, -0.1) is 0 Å². The van der Waals surface area contributed by atoms with Crippen molar-refractivity contribution in [1.82, 2.24) is 9.38 Å². The highest BCUT2D eigenvalue weighted by molar-refractivity contribution is 7.15. The number of allylic oxidation sites excluding steroid dienone is 1. The van der Waals surface area contributed by atoms with Gasteiger partial charge < -0.3 is 10.1 Å². The molecule has 100 valence electrons. The monoisotopic (exact) mass is 277 g/mol. The van der Waals surface area contributed by atoms with Gasteiger partial charge in [-0.1, -0.05) is 29.8 Å². The molecule has 6 heteroatoms. The van der Waals surface area contributed by atoms with Crippen LogP contribution < -0.4 is 0 Å². The molecule has 0 radical (unpaired) electrons. The number of hydrogen-bond acceptors (Lipinski definition) is 4. The molecule has 0 atom stereocenters. The van der Waals surface area contributed by atoms with Gasteiger partial charge >= 0.3 is 5.82 Å². The standard InChI is InChI=1S/C13H15N3O2S/c17-16(18)12-11(14-13-15(12)7-8-19-13)9-10-5-3-1-2-4-6-10/h7-9H,1-6H2. The third-order valence-corrected chi connectivity index (χ3v) is 4.28. The van der Waals surface area contributed by atoms with Crippen LogP contribution in [-0.2, 0) is 0 Å². The third kappa shape index (κ3) is 2.40. The zero-order valence-corrected chi connectivity index (χ0v) is 11.4. The minimum Gasteiger partial charge on any atom is -0.358 e. The summed E-state index contributed by atoms with van der Waals surface area (Å²) in [7, 11) is 0. The van der Waals surface area contributed by atoms with Crippen LogP contribution in [0.1, 0.15) is 44.2 Å². The van der Waals surface area contributed by atoms with E-state index in [9.17, 15) is 10.1 Å². The molecule has 1 fully saturated rings. The second kappa shape index (κ2) is 5.13. The molecule has 1 saturated carbocycles. The Bertz CT molecular complexity index is 631. The molecule has 0 saturated heterocycles. The van der Waals surface area contributed by atoms with Crippen LogP contribution in [0.3, 0.4) is 0 Å². The fourth-order valence-electron chi connectivity index (χ4n) is 2.59. The van der Waals surface area contributed by atoms with E-state index in [4.69, 9.17) is 0 Å². The first-order valence-electron chi connectivity index (χ1n) is 6.55. The topological polar surface area (TPSA) is 60.4 Å². The van der Waals surface area contributed by atoms with Gasteiger partial charge in [-0.25, -0.2) is 0 Å². The van der Waals surface area contributed by atoms with Crippen molar-refractivity contribution in [2.24, 2.45) is 0 Å². The zero-order valence-electron chi connectivity index (χ0n) is 10.5. The Labute approximate surface area is 114 Å². The first kappa shape index (κ1) is 12.3. The van der Waals surface area contributed by atoms with Crippen molar-refractivity contribution in [2.45, 2.75) is 38.5 Å². The minimum absolute atomic E-state index is 0.0907. The van der Waals surface area contributed by atoms with Gasteiger partial charge in [0.05, 0.1) is 0 Å². The predicted octanol–water partition coefficient (Wildman–Crippen LogP) is 4.04. The number of nitrogens with zero attached hydrogens (tertiary/aromatic N) is 3. The van der Waals surface area contributed by atoms with E-state index in [-0.39, 0.29) is 10.7 Å². The largest absolute Gasteiger partial charge is 0.358 e. The second-order valence-electron chi connectivity index (χ2n) is 4.85. The van der Waals surface area contributed by atoms with Gasteiger partial charge in [0.25, 0.3) is 4.96 Å². The maximum Gasteiger partial charge on any atom is 0.355 e. The van der Waals surface area contributed by atoms with E-state index in [0.717, 1.165) is 12.8 Å². The fraction of sp³-hybridized carbons (Fsp3) is 0.462.